The Morgan fingerprint density at radius 1 is 1.08 bits per heavy atom. The Morgan fingerprint density at radius 2 is 1.90 bits per heavy atom. The molecule has 0 spiro atoms. The molecule has 0 unspecified atom stereocenters. The highest BCUT2D eigenvalue weighted by Gasteiger charge is 2.38. The Hall–Kier alpha value is -3.66. The average Bonchev–Trinajstić information content (AvgIpc) is 3.44. The van der Waals surface area contributed by atoms with E-state index < -0.39 is 29.5 Å². The summed E-state index contributed by atoms with van der Waals surface area (Å²) >= 11 is 0. The zero-order valence-corrected chi connectivity index (χ0v) is 21.9. The molecule has 1 aliphatic carbocycles. The van der Waals surface area contributed by atoms with Gasteiger partial charge in [0, 0.05) is 49.1 Å². The molecule has 1 saturated heterocycles. The van der Waals surface area contributed by atoms with Crippen LogP contribution in [0.4, 0.5) is 8.78 Å². The molecule has 206 valence electrons. The van der Waals surface area contributed by atoms with E-state index in [0.29, 0.717) is 19.0 Å². The molecule has 3 atom stereocenters. The van der Waals surface area contributed by atoms with E-state index >= 15 is 0 Å². The molecule has 1 aromatic carbocycles. The molecule has 0 bridgehead atoms. The second-order valence-electron chi connectivity index (χ2n) is 10.4. The fraction of sp³-hybridized carbons (Fsp3) is 0.448. The van der Waals surface area contributed by atoms with Crippen LogP contribution in [0.1, 0.15) is 67.7 Å². The van der Waals surface area contributed by atoms with Crippen molar-refractivity contribution < 1.29 is 22.9 Å². The molecule has 1 aliphatic heterocycles. The van der Waals surface area contributed by atoms with Gasteiger partial charge in [-0.15, -0.1) is 0 Å². The minimum Gasteiger partial charge on any atom is -0.350 e. The lowest BCUT2D eigenvalue weighted by atomic mass is 9.86. The molecule has 2 aliphatic rings. The van der Waals surface area contributed by atoms with Crippen LogP contribution in [0.25, 0.3) is 11.3 Å². The van der Waals surface area contributed by atoms with Crippen LogP contribution in [0.2, 0.25) is 0 Å². The smallest absolute Gasteiger partial charge is 0.290 e. The third-order valence-corrected chi connectivity index (χ3v) is 7.82. The first-order valence-corrected chi connectivity index (χ1v) is 13.6. The maximum absolute atomic E-state index is 14.2. The van der Waals surface area contributed by atoms with Gasteiger partial charge in [0.2, 0.25) is 11.7 Å². The van der Waals surface area contributed by atoms with Crippen molar-refractivity contribution in [1.82, 2.24) is 25.7 Å². The Labute approximate surface area is 226 Å². The summed E-state index contributed by atoms with van der Waals surface area (Å²) in [7, 11) is 0. The van der Waals surface area contributed by atoms with Gasteiger partial charge < -0.3 is 15.2 Å². The number of piperidine rings is 1. The van der Waals surface area contributed by atoms with Crippen molar-refractivity contribution in [1.29, 1.82) is 0 Å². The number of carbonyl (C=O) groups excluding carboxylic acids is 2. The number of aromatic nitrogens is 2. The lowest BCUT2D eigenvalue weighted by Gasteiger charge is -2.43. The maximum Gasteiger partial charge on any atom is 0.290 e. The summed E-state index contributed by atoms with van der Waals surface area (Å²) in [4.78, 5) is 33.4. The summed E-state index contributed by atoms with van der Waals surface area (Å²) < 4.78 is 32.7. The van der Waals surface area contributed by atoms with Gasteiger partial charge in [-0.25, -0.2) is 8.78 Å². The Morgan fingerprint density at radius 3 is 2.64 bits per heavy atom. The zero-order valence-electron chi connectivity index (χ0n) is 21.9. The van der Waals surface area contributed by atoms with Crippen LogP contribution in [0.3, 0.4) is 0 Å². The third kappa shape index (κ3) is 6.33. The molecule has 1 saturated carbocycles. The van der Waals surface area contributed by atoms with Crippen LogP contribution in [0.15, 0.2) is 53.2 Å². The molecule has 2 aromatic heterocycles. The van der Waals surface area contributed by atoms with Crippen LogP contribution >= 0.6 is 0 Å². The number of hydrogen-bond donors (Lipinski definition) is 2. The van der Waals surface area contributed by atoms with Crippen molar-refractivity contribution >= 4 is 11.8 Å². The number of benzene rings is 1. The maximum atomic E-state index is 14.2. The Balaban J connectivity index is 1.31. The second-order valence-corrected chi connectivity index (χ2v) is 10.4. The SMILES string of the molecule is C[C@@H](NC(=O)[C@H]1CN(C2CCCCC2)CC[C@@H]1NC(=O)c1cc(-c2ccc(F)cc2F)no1)c1ccccn1. The van der Waals surface area contributed by atoms with Crippen molar-refractivity contribution in [3.05, 3.63) is 71.8 Å². The van der Waals surface area contributed by atoms with Crippen LogP contribution < -0.4 is 10.6 Å². The van der Waals surface area contributed by atoms with Crippen molar-refractivity contribution in [2.75, 3.05) is 13.1 Å². The van der Waals surface area contributed by atoms with E-state index in [-0.39, 0.29) is 29.0 Å². The summed E-state index contributed by atoms with van der Waals surface area (Å²) in [5.41, 5.74) is 0.873. The fourth-order valence-electron chi connectivity index (χ4n) is 5.67. The molecule has 10 heteroatoms. The highest BCUT2D eigenvalue weighted by molar-refractivity contribution is 5.93. The summed E-state index contributed by atoms with van der Waals surface area (Å²) in [6.07, 6.45) is 8.17. The van der Waals surface area contributed by atoms with Crippen molar-refractivity contribution in [2.24, 2.45) is 5.92 Å². The lowest BCUT2D eigenvalue weighted by molar-refractivity contribution is -0.128. The number of halogens is 2. The number of nitrogens with zero attached hydrogens (tertiary/aromatic N) is 3. The largest absolute Gasteiger partial charge is 0.350 e. The number of likely N-dealkylation sites (tertiary alicyclic amines) is 1. The average molecular weight is 538 g/mol. The quantitative estimate of drug-likeness (QED) is 0.455. The number of amides is 2. The number of hydrogen-bond acceptors (Lipinski definition) is 6. The van der Waals surface area contributed by atoms with E-state index in [1.165, 1.54) is 31.4 Å². The van der Waals surface area contributed by atoms with Gasteiger partial charge in [0.1, 0.15) is 17.3 Å². The van der Waals surface area contributed by atoms with Crippen LogP contribution in [-0.2, 0) is 4.79 Å². The van der Waals surface area contributed by atoms with E-state index in [2.05, 4.69) is 25.7 Å². The summed E-state index contributed by atoms with van der Waals surface area (Å²) in [5.74, 6) is -2.78. The van der Waals surface area contributed by atoms with Gasteiger partial charge in [-0.05, 0) is 50.5 Å². The van der Waals surface area contributed by atoms with Gasteiger partial charge >= 0.3 is 0 Å². The van der Waals surface area contributed by atoms with Gasteiger partial charge in [-0.2, -0.15) is 0 Å². The van der Waals surface area contributed by atoms with Crippen LogP contribution in [-0.4, -0.2) is 52.0 Å². The predicted molar refractivity (Wildman–Crippen MR) is 140 cm³/mol. The van der Waals surface area contributed by atoms with Crippen molar-refractivity contribution in [3.8, 4) is 11.3 Å². The predicted octanol–water partition coefficient (Wildman–Crippen LogP) is 4.65. The molecule has 2 N–H and O–H groups in total. The van der Waals surface area contributed by atoms with E-state index in [1.54, 1.807) is 6.20 Å². The molecular formula is C29H33F2N5O3. The molecule has 2 amide bonds. The standard InChI is InChI=1S/C29H33F2N5O3/c1-18(24-9-5-6-13-32-24)33-28(37)22-17-36(20-7-3-2-4-8-20)14-12-25(22)34-29(38)27-16-26(35-39-27)21-11-10-19(30)15-23(21)31/h5-6,9-11,13,15-16,18,20,22,25H,2-4,7-8,12,14,17H2,1H3,(H,33,37)(H,34,38)/t18-,22+,25+/m1/s1. The van der Waals surface area contributed by atoms with Crippen molar-refractivity contribution in [2.45, 2.75) is 63.6 Å². The van der Waals surface area contributed by atoms with E-state index in [4.69, 9.17) is 4.52 Å². The minimum absolute atomic E-state index is 0.0285. The minimum atomic E-state index is -0.802. The van der Waals surface area contributed by atoms with Gasteiger partial charge in [0.05, 0.1) is 17.7 Å². The molecule has 3 aromatic rings. The molecular weight excluding hydrogens is 504 g/mol. The summed E-state index contributed by atoms with van der Waals surface area (Å²) in [6.45, 7) is 3.21. The first kappa shape index (κ1) is 26.9. The van der Waals surface area contributed by atoms with Gasteiger partial charge in [0.15, 0.2) is 0 Å². The van der Waals surface area contributed by atoms with Gasteiger partial charge in [0.25, 0.3) is 5.91 Å². The Bertz CT molecular complexity index is 1300. The molecule has 3 heterocycles. The normalized spacial score (nSPS) is 21.3. The highest BCUT2D eigenvalue weighted by Crippen LogP contribution is 2.29. The molecule has 5 rings (SSSR count). The zero-order chi connectivity index (χ0) is 27.4. The first-order valence-electron chi connectivity index (χ1n) is 13.6. The number of rotatable bonds is 7. The van der Waals surface area contributed by atoms with E-state index in [0.717, 1.165) is 37.2 Å². The Kier molecular flexibility index (Phi) is 8.30. The number of carbonyl (C=O) groups is 2. The summed E-state index contributed by atoms with van der Waals surface area (Å²) in [6, 6.07) is 9.73. The van der Waals surface area contributed by atoms with Gasteiger partial charge in [-0.3, -0.25) is 19.5 Å². The monoisotopic (exact) mass is 537 g/mol. The first-order chi connectivity index (χ1) is 18.9. The van der Waals surface area contributed by atoms with E-state index in [1.807, 2.05) is 25.1 Å². The number of pyridine rings is 1. The highest BCUT2D eigenvalue weighted by atomic mass is 19.1. The third-order valence-electron chi connectivity index (χ3n) is 7.82. The van der Waals surface area contributed by atoms with Crippen LogP contribution in [0.5, 0.6) is 0 Å². The van der Waals surface area contributed by atoms with E-state index in [9.17, 15) is 18.4 Å². The second kappa shape index (κ2) is 12.0. The molecule has 8 nitrogen and oxygen atoms in total. The number of nitrogens with one attached hydrogen (secondary N) is 2. The summed E-state index contributed by atoms with van der Waals surface area (Å²) in [5, 5.41) is 9.84. The topological polar surface area (TPSA) is 100 Å². The molecule has 0 radical (unpaired) electrons. The molecule has 2 fully saturated rings. The van der Waals surface area contributed by atoms with Gasteiger partial charge in [-0.1, -0.05) is 30.5 Å². The lowest BCUT2D eigenvalue weighted by Crippen LogP contribution is -2.58. The van der Waals surface area contributed by atoms with Crippen molar-refractivity contribution in [3.63, 3.8) is 0 Å². The van der Waals surface area contributed by atoms with Crippen LogP contribution in [0, 0.1) is 17.6 Å². The fourth-order valence-corrected chi connectivity index (χ4v) is 5.67. The molecule has 39 heavy (non-hydrogen) atoms.